The molecule has 0 atom stereocenters. The SMILES string of the molecule is Cl.Cl.O=c1[nH]c(-c2ccc(Cl)cc2)c(CCN2CCN(c3ccccn3)CC2)o1. The molecular weight excluding hydrogens is 435 g/mol. The van der Waals surface area contributed by atoms with Gasteiger partial charge < -0.3 is 9.32 Å². The highest BCUT2D eigenvalue weighted by Crippen LogP contribution is 2.23. The Kier molecular flexibility index (Phi) is 8.59. The van der Waals surface area contributed by atoms with Crippen LogP contribution in [0, 0.1) is 0 Å². The van der Waals surface area contributed by atoms with Crippen LogP contribution in [0.1, 0.15) is 5.76 Å². The highest BCUT2D eigenvalue weighted by molar-refractivity contribution is 6.30. The minimum Gasteiger partial charge on any atom is -0.412 e. The molecule has 0 bridgehead atoms. The molecule has 1 aliphatic rings. The van der Waals surface area contributed by atoms with Crippen molar-refractivity contribution in [3.05, 3.63) is 70.0 Å². The molecule has 4 rings (SSSR count). The first kappa shape index (κ1) is 23.3. The lowest BCUT2D eigenvalue weighted by Gasteiger charge is -2.35. The second-order valence-electron chi connectivity index (χ2n) is 6.59. The largest absolute Gasteiger partial charge is 0.416 e. The van der Waals surface area contributed by atoms with Crippen LogP contribution in [0.15, 0.2) is 57.9 Å². The molecule has 2 aromatic heterocycles. The van der Waals surface area contributed by atoms with Gasteiger partial charge in [0.05, 0.1) is 5.69 Å². The standard InChI is InChI=1S/C20H21ClN4O2.2ClH/c21-16-6-4-15(5-7-16)19-17(27-20(26)23-19)8-10-24-11-13-25(14-12-24)18-3-1-2-9-22-18;;/h1-7,9H,8,10-14H2,(H,23,26);2*1H. The van der Waals surface area contributed by atoms with Gasteiger partial charge >= 0.3 is 5.76 Å². The van der Waals surface area contributed by atoms with E-state index in [1.807, 2.05) is 48.7 Å². The van der Waals surface area contributed by atoms with Gasteiger partial charge in [0, 0.05) is 55.9 Å². The summed E-state index contributed by atoms with van der Waals surface area (Å²) in [4.78, 5) is 23.6. The molecule has 0 aliphatic carbocycles. The molecule has 0 amide bonds. The summed E-state index contributed by atoms with van der Waals surface area (Å²) >= 11 is 5.95. The van der Waals surface area contributed by atoms with Crippen molar-refractivity contribution in [1.82, 2.24) is 14.9 Å². The van der Waals surface area contributed by atoms with Gasteiger partial charge in [0.15, 0.2) is 0 Å². The Hall–Kier alpha value is -1.99. The van der Waals surface area contributed by atoms with E-state index in [2.05, 4.69) is 19.8 Å². The molecular formula is C20H23Cl3N4O2. The first-order valence-electron chi connectivity index (χ1n) is 9.05. The van der Waals surface area contributed by atoms with Crippen LogP contribution in [0.2, 0.25) is 5.02 Å². The summed E-state index contributed by atoms with van der Waals surface area (Å²) in [5, 5.41) is 0.664. The normalized spacial score (nSPS) is 14.2. The van der Waals surface area contributed by atoms with Gasteiger partial charge in [0.25, 0.3) is 0 Å². The lowest BCUT2D eigenvalue weighted by Crippen LogP contribution is -2.47. The average molecular weight is 458 g/mol. The van der Waals surface area contributed by atoms with Crippen molar-refractivity contribution in [2.45, 2.75) is 6.42 Å². The fourth-order valence-corrected chi connectivity index (χ4v) is 3.51. The average Bonchev–Trinajstić information content (AvgIpc) is 3.08. The minimum absolute atomic E-state index is 0. The molecule has 9 heteroatoms. The summed E-state index contributed by atoms with van der Waals surface area (Å²) < 4.78 is 5.39. The van der Waals surface area contributed by atoms with Gasteiger partial charge in [0.1, 0.15) is 11.6 Å². The molecule has 0 radical (unpaired) electrons. The first-order chi connectivity index (χ1) is 13.2. The van der Waals surface area contributed by atoms with Crippen LogP contribution in [0.3, 0.4) is 0 Å². The van der Waals surface area contributed by atoms with E-state index in [1.54, 1.807) is 0 Å². The molecule has 1 aromatic carbocycles. The first-order valence-corrected chi connectivity index (χ1v) is 9.43. The van der Waals surface area contributed by atoms with Crippen LogP contribution < -0.4 is 10.7 Å². The van der Waals surface area contributed by atoms with Crippen LogP contribution in [0.5, 0.6) is 0 Å². The smallest absolute Gasteiger partial charge is 0.412 e. The Morgan fingerprint density at radius 3 is 2.41 bits per heavy atom. The molecule has 156 valence electrons. The highest BCUT2D eigenvalue weighted by atomic mass is 35.5. The maximum absolute atomic E-state index is 11.7. The zero-order chi connectivity index (χ0) is 18.6. The molecule has 6 nitrogen and oxygen atoms in total. The van der Waals surface area contributed by atoms with E-state index in [1.165, 1.54) is 0 Å². The number of aromatic nitrogens is 2. The monoisotopic (exact) mass is 456 g/mol. The van der Waals surface area contributed by atoms with Crippen LogP contribution in [0.25, 0.3) is 11.3 Å². The van der Waals surface area contributed by atoms with Gasteiger partial charge in [-0.3, -0.25) is 9.88 Å². The maximum atomic E-state index is 11.7. The minimum atomic E-state index is -0.421. The van der Waals surface area contributed by atoms with E-state index < -0.39 is 5.76 Å². The van der Waals surface area contributed by atoms with Crippen molar-refractivity contribution >= 4 is 42.2 Å². The Labute approximate surface area is 186 Å². The third kappa shape index (κ3) is 5.76. The molecule has 1 saturated heterocycles. The Balaban J connectivity index is 0.00000150. The molecule has 29 heavy (non-hydrogen) atoms. The highest BCUT2D eigenvalue weighted by Gasteiger charge is 2.19. The Bertz CT molecular complexity index is 936. The molecule has 3 heterocycles. The summed E-state index contributed by atoms with van der Waals surface area (Å²) in [6.07, 6.45) is 2.51. The van der Waals surface area contributed by atoms with Gasteiger partial charge in [-0.1, -0.05) is 29.8 Å². The molecule has 0 spiro atoms. The maximum Gasteiger partial charge on any atom is 0.416 e. The van der Waals surface area contributed by atoms with Crippen molar-refractivity contribution < 1.29 is 4.42 Å². The van der Waals surface area contributed by atoms with Crippen molar-refractivity contribution in [3.8, 4) is 11.3 Å². The lowest BCUT2D eigenvalue weighted by molar-refractivity contribution is 0.254. The van der Waals surface area contributed by atoms with E-state index in [-0.39, 0.29) is 24.8 Å². The van der Waals surface area contributed by atoms with Gasteiger partial charge in [-0.2, -0.15) is 0 Å². The second kappa shape index (κ2) is 10.7. The number of rotatable bonds is 5. The van der Waals surface area contributed by atoms with E-state index in [0.29, 0.717) is 17.2 Å². The molecule has 3 aromatic rings. The number of pyridine rings is 1. The number of halogens is 3. The molecule has 0 unspecified atom stereocenters. The van der Waals surface area contributed by atoms with Crippen molar-refractivity contribution in [2.75, 3.05) is 37.6 Å². The number of nitrogens with zero attached hydrogens (tertiary/aromatic N) is 3. The predicted octanol–water partition coefficient (Wildman–Crippen LogP) is 3.89. The second-order valence-corrected chi connectivity index (χ2v) is 7.02. The Morgan fingerprint density at radius 2 is 1.76 bits per heavy atom. The van der Waals surface area contributed by atoms with Gasteiger partial charge in [0.2, 0.25) is 0 Å². The summed E-state index contributed by atoms with van der Waals surface area (Å²) in [6, 6.07) is 13.4. The number of anilines is 1. The topological polar surface area (TPSA) is 65.4 Å². The predicted molar refractivity (Wildman–Crippen MR) is 121 cm³/mol. The van der Waals surface area contributed by atoms with E-state index in [4.69, 9.17) is 16.0 Å². The third-order valence-corrected chi connectivity index (χ3v) is 5.11. The number of hydrogen-bond donors (Lipinski definition) is 1. The molecule has 1 fully saturated rings. The molecule has 1 N–H and O–H groups in total. The number of hydrogen-bond acceptors (Lipinski definition) is 5. The number of aromatic amines is 1. The van der Waals surface area contributed by atoms with Gasteiger partial charge in [-0.25, -0.2) is 9.78 Å². The summed E-state index contributed by atoms with van der Waals surface area (Å²) in [6.45, 7) is 4.65. The number of H-pyrrole nitrogens is 1. The van der Waals surface area contributed by atoms with Gasteiger partial charge in [-0.05, 0) is 24.3 Å². The summed E-state index contributed by atoms with van der Waals surface area (Å²) in [5.74, 6) is 1.29. The van der Waals surface area contributed by atoms with E-state index >= 15 is 0 Å². The van der Waals surface area contributed by atoms with Crippen molar-refractivity contribution in [3.63, 3.8) is 0 Å². The number of piperazine rings is 1. The van der Waals surface area contributed by atoms with Crippen LogP contribution in [0.4, 0.5) is 5.82 Å². The van der Waals surface area contributed by atoms with E-state index in [0.717, 1.165) is 49.8 Å². The number of oxazole rings is 1. The van der Waals surface area contributed by atoms with Gasteiger partial charge in [-0.15, -0.1) is 24.8 Å². The fraction of sp³-hybridized carbons (Fsp3) is 0.300. The zero-order valence-electron chi connectivity index (χ0n) is 15.7. The number of benzene rings is 1. The Morgan fingerprint density at radius 1 is 1.03 bits per heavy atom. The van der Waals surface area contributed by atoms with Crippen molar-refractivity contribution in [1.29, 1.82) is 0 Å². The fourth-order valence-electron chi connectivity index (χ4n) is 3.39. The van der Waals surface area contributed by atoms with E-state index in [9.17, 15) is 4.79 Å². The lowest BCUT2D eigenvalue weighted by atomic mass is 10.1. The molecule has 1 aliphatic heterocycles. The number of nitrogens with one attached hydrogen (secondary N) is 1. The third-order valence-electron chi connectivity index (χ3n) is 4.86. The van der Waals surface area contributed by atoms with Crippen LogP contribution >= 0.6 is 36.4 Å². The summed E-state index contributed by atoms with van der Waals surface area (Å²) in [7, 11) is 0. The quantitative estimate of drug-likeness (QED) is 0.629. The van der Waals surface area contributed by atoms with Crippen molar-refractivity contribution in [2.24, 2.45) is 0 Å². The summed E-state index contributed by atoms with van der Waals surface area (Å²) in [5.41, 5.74) is 1.64. The molecule has 0 saturated carbocycles. The van der Waals surface area contributed by atoms with Crippen LogP contribution in [-0.4, -0.2) is 47.6 Å². The van der Waals surface area contributed by atoms with Crippen LogP contribution in [-0.2, 0) is 6.42 Å². The zero-order valence-corrected chi connectivity index (χ0v) is 18.1.